The van der Waals surface area contributed by atoms with Gasteiger partial charge < -0.3 is 4.98 Å². The summed E-state index contributed by atoms with van der Waals surface area (Å²) < 4.78 is 0. The summed E-state index contributed by atoms with van der Waals surface area (Å²) in [6.45, 7) is 0. The highest BCUT2D eigenvalue weighted by Crippen LogP contribution is 2.20. The van der Waals surface area contributed by atoms with Crippen molar-refractivity contribution in [1.82, 2.24) is 4.98 Å². The zero-order valence-electron chi connectivity index (χ0n) is 8.98. The molecular weight excluding hydrogens is 194 g/mol. The fourth-order valence-electron chi connectivity index (χ4n) is 2.09. The van der Waals surface area contributed by atoms with Crippen LogP contribution in [0.2, 0.25) is 0 Å². The predicted molar refractivity (Wildman–Crippen MR) is 67.5 cm³/mol. The van der Waals surface area contributed by atoms with Gasteiger partial charge in [-0.25, -0.2) is 0 Å². The van der Waals surface area contributed by atoms with Crippen LogP contribution in [-0.2, 0) is 6.42 Å². The van der Waals surface area contributed by atoms with E-state index in [9.17, 15) is 0 Å². The van der Waals surface area contributed by atoms with Crippen LogP contribution < -0.4 is 0 Å². The average Bonchev–Trinajstić information content (AvgIpc) is 2.74. The Morgan fingerprint density at radius 1 is 0.812 bits per heavy atom. The van der Waals surface area contributed by atoms with Gasteiger partial charge in [-0.05, 0) is 10.9 Å². The molecule has 0 aliphatic rings. The smallest absolute Gasteiger partial charge is 0.0271 e. The number of nitrogens with one attached hydrogen (secondary N) is 1. The molecule has 0 saturated heterocycles. The molecule has 1 heterocycles. The molecule has 16 heavy (non-hydrogen) atoms. The second-order valence-corrected chi connectivity index (χ2v) is 4.02. The first-order valence-corrected chi connectivity index (χ1v) is 5.52. The molecule has 3 aromatic rings. The Hall–Kier alpha value is -2.02. The normalized spacial score (nSPS) is 10.8. The maximum absolute atomic E-state index is 3.36. The molecule has 3 rings (SSSR count). The van der Waals surface area contributed by atoms with E-state index in [4.69, 9.17) is 0 Å². The van der Waals surface area contributed by atoms with Crippen LogP contribution in [0.15, 0.2) is 60.8 Å². The van der Waals surface area contributed by atoms with Crippen LogP contribution in [0.1, 0.15) is 11.3 Å². The molecule has 0 saturated carbocycles. The highest BCUT2D eigenvalue weighted by molar-refractivity contribution is 5.85. The molecule has 1 heteroatoms. The lowest BCUT2D eigenvalue weighted by atomic mass is 10.1. The van der Waals surface area contributed by atoms with Crippen LogP contribution in [0.3, 0.4) is 0 Å². The topological polar surface area (TPSA) is 15.8 Å². The lowest BCUT2D eigenvalue weighted by Crippen LogP contribution is -1.87. The summed E-state index contributed by atoms with van der Waals surface area (Å²) in [5.41, 5.74) is 2.64. The van der Waals surface area contributed by atoms with Crippen molar-refractivity contribution >= 4 is 10.8 Å². The Balaban J connectivity index is 2.01. The van der Waals surface area contributed by atoms with Crippen molar-refractivity contribution in [3.63, 3.8) is 0 Å². The molecule has 0 fully saturated rings. The number of hydrogen-bond acceptors (Lipinski definition) is 0. The fraction of sp³-hybridized carbons (Fsp3) is 0.0667. The third-order valence-corrected chi connectivity index (χ3v) is 2.91. The van der Waals surface area contributed by atoms with Crippen molar-refractivity contribution in [2.45, 2.75) is 6.42 Å². The van der Waals surface area contributed by atoms with E-state index in [2.05, 4.69) is 65.8 Å². The minimum Gasteiger partial charge on any atom is -0.364 e. The maximum Gasteiger partial charge on any atom is 0.0271 e. The standard InChI is InChI=1S/C15H13N/c1-2-6-12(7-3-1)10-15-14-9-5-4-8-13(14)11-16-15/h1-9,11,16H,10H2. The summed E-state index contributed by atoms with van der Waals surface area (Å²) in [6.07, 6.45) is 3.04. The predicted octanol–water partition coefficient (Wildman–Crippen LogP) is 3.76. The molecule has 1 N–H and O–H groups in total. The maximum atomic E-state index is 3.36. The van der Waals surface area contributed by atoms with E-state index >= 15 is 0 Å². The zero-order chi connectivity index (χ0) is 10.8. The Labute approximate surface area is 94.7 Å². The van der Waals surface area contributed by atoms with Crippen LogP contribution in [0.25, 0.3) is 10.8 Å². The molecule has 0 aliphatic carbocycles. The van der Waals surface area contributed by atoms with Gasteiger partial charge in [0.1, 0.15) is 0 Å². The van der Waals surface area contributed by atoms with Gasteiger partial charge in [-0.2, -0.15) is 0 Å². The second-order valence-electron chi connectivity index (χ2n) is 4.02. The van der Waals surface area contributed by atoms with Gasteiger partial charge in [0.15, 0.2) is 0 Å². The van der Waals surface area contributed by atoms with Crippen LogP contribution in [0, 0.1) is 0 Å². The Bertz CT molecular complexity index is 593. The van der Waals surface area contributed by atoms with Crippen molar-refractivity contribution in [1.29, 1.82) is 0 Å². The van der Waals surface area contributed by atoms with Crippen molar-refractivity contribution in [3.8, 4) is 0 Å². The highest BCUT2D eigenvalue weighted by Gasteiger charge is 2.02. The van der Waals surface area contributed by atoms with Crippen molar-refractivity contribution in [2.24, 2.45) is 0 Å². The zero-order valence-corrected chi connectivity index (χ0v) is 8.98. The number of fused-ring (bicyclic) bond motifs is 1. The van der Waals surface area contributed by atoms with E-state index < -0.39 is 0 Å². The average molecular weight is 207 g/mol. The van der Waals surface area contributed by atoms with Gasteiger partial charge in [-0.1, -0.05) is 54.6 Å². The number of hydrogen-bond donors (Lipinski definition) is 1. The van der Waals surface area contributed by atoms with E-state index in [0.717, 1.165) is 6.42 Å². The molecule has 0 radical (unpaired) electrons. The summed E-state index contributed by atoms with van der Waals surface area (Å²) in [4.78, 5) is 3.36. The third kappa shape index (κ3) is 1.61. The summed E-state index contributed by atoms with van der Waals surface area (Å²) in [5.74, 6) is 0. The lowest BCUT2D eigenvalue weighted by Gasteiger charge is -1.99. The van der Waals surface area contributed by atoms with Gasteiger partial charge in [0, 0.05) is 23.7 Å². The molecule has 2 aromatic carbocycles. The summed E-state index contributed by atoms with van der Waals surface area (Å²) in [5, 5.41) is 2.61. The van der Waals surface area contributed by atoms with E-state index in [-0.39, 0.29) is 0 Å². The SMILES string of the molecule is c1ccc(Cc2[nH]cc3ccccc23)cc1. The van der Waals surface area contributed by atoms with Crippen LogP contribution in [0.5, 0.6) is 0 Å². The first kappa shape index (κ1) is 9.22. The molecule has 0 unspecified atom stereocenters. The molecular formula is C15H13N. The number of aromatic amines is 1. The van der Waals surface area contributed by atoms with Crippen LogP contribution in [0.4, 0.5) is 0 Å². The Morgan fingerprint density at radius 3 is 2.44 bits per heavy atom. The van der Waals surface area contributed by atoms with E-state index in [1.807, 2.05) is 0 Å². The molecule has 0 atom stereocenters. The Morgan fingerprint density at radius 2 is 1.56 bits per heavy atom. The molecule has 0 aliphatic heterocycles. The fourth-order valence-corrected chi connectivity index (χ4v) is 2.09. The molecule has 78 valence electrons. The summed E-state index contributed by atoms with van der Waals surface area (Å²) in [7, 11) is 0. The number of rotatable bonds is 2. The first-order valence-electron chi connectivity index (χ1n) is 5.52. The van der Waals surface area contributed by atoms with Crippen molar-refractivity contribution in [2.75, 3.05) is 0 Å². The summed E-state index contributed by atoms with van der Waals surface area (Å²) >= 11 is 0. The molecule has 0 amide bonds. The van der Waals surface area contributed by atoms with Crippen LogP contribution >= 0.6 is 0 Å². The highest BCUT2D eigenvalue weighted by atomic mass is 14.7. The van der Waals surface area contributed by atoms with Crippen molar-refractivity contribution < 1.29 is 0 Å². The minimum atomic E-state index is 0.967. The van der Waals surface area contributed by atoms with Gasteiger partial charge in [0.25, 0.3) is 0 Å². The largest absolute Gasteiger partial charge is 0.364 e. The quantitative estimate of drug-likeness (QED) is 0.658. The molecule has 0 bridgehead atoms. The Kier molecular flexibility index (Phi) is 2.22. The second kappa shape index (κ2) is 3.86. The van der Waals surface area contributed by atoms with E-state index in [1.165, 1.54) is 22.0 Å². The third-order valence-electron chi connectivity index (χ3n) is 2.91. The van der Waals surface area contributed by atoms with Crippen LogP contribution in [-0.4, -0.2) is 4.98 Å². The first-order chi connectivity index (χ1) is 7.93. The van der Waals surface area contributed by atoms with Gasteiger partial charge in [0.05, 0.1) is 0 Å². The van der Waals surface area contributed by atoms with E-state index in [0.29, 0.717) is 0 Å². The summed E-state index contributed by atoms with van der Waals surface area (Å²) in [6, 6.07) is 19.0. The van der Waals surface area contributed by atoms with Gasteiger partial charge in [0.2, 0.25) is 0 Å². The van der Waals surface area contributed by atoms with Gasteiger partial charge in [-0.15, -0.1) is 0 Å². The monoisotopic (exact) mass is 207 g/mol. The lowest BCUT2D eigenvalue weighted by molar-refractivity contribution is 1.12. The number of H-pyrrole nitrogens is 1. The van der Waals surface area contributed by atoms with E-state index in [1.54, 1.807) is 0 Å². The van der Waals surface area contributed by atoms with Gasteiger partial charge in [-0.3, -0.25) is 0 Å². The van der Waals surface area contributed by atoms with Gasteiger partial charge >= 0.3 is 0 Å². The molecule has 1 aromatic heterocycles. The minimum absolute atomic E-state index is 0.967. The molecule has 0 spiro atoms. The number of benzene rings is 2. The number of aromatic nitrogens is 1. The molecule has 1 nitrogen and oxygen atoms in total. The van der Waals surface area contributed by atoms with Crippen molar-refractivity contribution in [3.05, 3.63) is 72.1 Å².